The molecule has 2 aromatic heterocycles. The van der Waals surface area contributed by atoms with Gasteiger partial charge in [0.2, 0.25) is 0 Å². The van der Waals surface area contributed by atoms with Gasteiger partial charge in [-0.15, -0.1) is 0 Å². The van der Waals surface area contributed by atoms with Crippen LogP contribution in [-0.4, -0.2) is 15.0 Å². The van der Waals surface area contributed by atoms with Crippen LogP contribution in [0.3, 0.4) is 0 Å². The van der Waals surface area contributed by atoms with E-state index >= 15 is 0 Å². The minimum absolute atomic E-state index is 0.0809. The molecule has 0 fully saturated rings. The Kier molecular flexibility index (Phi) is 5.81. The summed E-state index contributed by atoms with van der Waals surface area (Å²) in [4.78, 5) is 14.9. The van der Waals surface area contributed by atoms with Gasteiger partial charge in [-0.2, -0.15) is 0 Å². The molecule has 0 aliphatic heterocycles. The van der Waals surface area contributed by atoms with Crippen molar-refractivity contribution >= 4 is 21.9 Å². The SMILES string of the molecule is CC1(C)c2ccccc2-c2c(-c3cccc4c3oc3c(-c5nc(-c6ccccc6)nc(-c6ccccc6)n5)cccc34)cccc21. The lowest BCUT2D eigenvalue weighted by molar-refractivity contribution is 0.660. The van der Waals surface area contributed by atoms with Crippen molar-refractivity contribution in [3.05, 3.63) is 151 Å². The van der Waals surface area contributed by atoms with Crippen LogP contribution in [0.4, 0.5) is 0 Å². The van der Waals surface area contributed by atoms with Crippen LogP contribution < -0.4 is 0 Å². The number of nitrogens with zero attached hydrogens (tertiary/aromatic N) is 3. The molecule has 8 aromatic rings. The van der Waals surface area contributed by atoms with E-state index in [1.54, 1.807) is 0 Å². The Labute approximate surface area is 267 Å². The van der Waals surface area contributed by atoms with Gasteiger partial charge < -0.3 is 4.42 Å². The van der Waals surface area contributed by atoms with Gasteiger partial charge in [-0.05, 0) is 33.9 Å². The Balaban J connectivity index is 1.28. The molecule has 218 valence electrons. The molecule has 6 aromatic carbocycles. The number of rotatable bonds is 4. The van der Waals surface area contributed by atoms with Gasteiger partial charge in [-0.25, -0.2) is 15.0 Å². The third-order valence-corrected chi connectivity index (χ3v) is 9.36. The van der Waals surface area contributed by atoms with Crippen molar-refractivity contribution in [1.29, 1.82) is 0 Å². The third-order valence-electron chi connectivity index (χ3n) is 9.36. The van der Waals surface area contributed by atoms with Crippen LogP contribution in [0.1, 0.15) is 25.0 Å². The van der Waals surface area contributed by atoms with Crippen molar-refractivity contribution in [2.24, 2.45) is 0 Å². The Hall–Kier alpha value is -5.87. The van der Waals surface area contributed by atoms with E-state index in [2.05, 4.69) is 86.6 Å². The Morgan fingerprint density at radius 2 is 0.891 bits per heavy atom. The van der Waals surface area contributed by atoms with Gasteiger partial charge in [0.15, 0.2) is 17.5 Å². The summed E-state index contributed by atoms with van der Waals surface area (Å²) < 4.78 is 6.91. The lowest BCUT2D eigenvalue weighted by atomic mass is 9.82. The number of hydrogen-bond acceptors (Lipinski definition) is 4. The molecule has 0 amide bonds. The molecule has 1 aliphatic rings. The summed E-state index contributed by atoms with van der Waals surface area (Å²) in [7, 11) is 0. The summed E-state index contributed by atoms with van der Waals surface area (Å²) >= 11 is 0. The molecule has 0 saturated heterocycles. The van der Waals surface area contributed by atoms with E-state index in [-0.39, 0.29) is 5.41 Å². The number of fused-ring (bicyclic) bond motifs is 6. The summed E-state index contributed by atoms with van der Waals surface area (Å²) in [5, 5.41) is 2.10. The largest absolute Gasteiger partial charge is 0.455 e. The van der Waals surface area contributed by atoms with Gasteiger partial charge in [-0.1, -0.05) is 147 Å². The predicted molar refractivity (Wildman–Crippen MR) is 186 cm³/mol. The zero-order chi connectivity index (χ0) is 30.8. The molecule has 0 unspecified atom stereocenters. The molecule has 1 aliphatic carbocycles. The average Bonchev–Trinajstić information content (AvgIpc) is 3.61. The average molecular weight is 592 g/mol. The first-order chi connectivity index (χ1) is 22.6. The maximum absolute atomic E-state index is 6.91. The molecule has 4 nitrogen and oxygen atoms in total. The Morgan fingerprint density at radius 3 is 1.57 bits per heavy atom. The van der Waals surface area contributed by atoms with Crippen LogP contribution in [0.15, 0.2) is 144 Å². The van der Waals surface area contributed by atoms with Crippen LogP contribution in [0.25, 0.3) is 78.4 Å². The van der Waals surface area contributed by atoms with Crippen LogP contribution in [-0.2, 0) is 5.41 Å². The smallest absolute Gasteiger partial charge is 0.167 e. The molecule has 46 heavy (non-hydrogen) atoms. The summed E-state index contributed by atoms with van der Waals surface area (Å²) in [6.45, 7) is 4.63. The molecule has 0 atom stereocenters. The standard InChI is InChI=1S/C42H29N3O/c1-42(2)34-24-10-9-18-32(34)36-28(19-13-25-35(36)42)29-20-11-21-30-31-22-12-23-33(38(31)46-37(29)30)41-44-39(26-14-5-3-6-15-26)43-40(45-41)27-16-7-4-8-17-27/h3-25H,1-2H3. The molecule has 2 heterocycles. The highest BCUT2D eigenvalue weighted by atomic mass is 16.3. The molecule has 0 saturated carbocycles. The lowest BCUT2D eigenvalue weighted by Crippen LogP contribution is -2.14. The van der Waals surface area contributed by atoms with Gasteiger partial charge >= 0.3 is 0 Å². The molecule has 0 N–H and O–H groups in total. The lowest BCUT2D eigenvalue weighted by Gasteiger charge is -2.21. The third kappa shape index (κ3) is 3.97. The Morgan fingerprint density at radius 1 is 0.413 bits per heavy atom. The molecular weight excluding hydrogens is 562 g/mol. The van der Waals surface area contributed by atoms with E-state index in [1.165, 1.54) is 27.8 Å². The second kappa shape index (κ2) is 10.1. The van der Waals surface area contributed by atoms with E-state index in [4.69, 9.17) is 19.4 Å². The van der Waals surface area contributed by atoms with Gasteiger partial charge in [0, 0.05) is 32.9 Å². The van der Waals surface area contributed by atoms with E-state index in [0.717, 1.165) is 44.2 Å². The van der Waals surface area contributed by atoms with Crippen molar-refractivity contribution in [3.8, 4) is 56.4 Å². The molecule has 0 bridgehead atoms. The van der Waals surface area contributed by atoms with Gasteiger partial charge in [0.05, 0.1) is 5.56 Å². The fourth-order valence-corrected chi connectivity index (χ4v) is 7.12. The summed E-state index contributed by atoms with van der Waals surface area (Å²) in [6.07, 6.45) is 0. The van der Waals surface area contributed by atoms with Gasteiger partial charge in [-0.3, -0.25) is 0 Å². The van der Waals surface area contributed by atoms with Crippen molar-refractivity contribution in [1.82, 2.24) is 15.0 Å². The zero-order valence-electron chi connectivity index (χ0n) is 25.5. The number of furan rings is 1. The van der Waals surface area contributed by atoms with Crippen molar-refractivity contribution in [2.75, 3.05) is 0 Å². The van der Waals surface area contributed by atoms with Crippen molar-refractivity contribution in [2.45, 2.75) is 19.3 Å². The number of para-hydroxylation sites is 2. The van der Waals surface area contributed by atoms with E-state index in [9.17, 15) is 0 Å². The first-order valence-electron chi connectivity index (χ1n) is 15.6. The fourth-order valence-electron chi connectivity index (χ4n) is 7.12. The monoisotopic (exact) mass is 591 g/mol. The highest BCUT2D eigenvalue weighted by Crippen LogP contribution is 2.53. The normalized spacial score (nSPS) is 13.2. The highest BCUT2D eigenvalue weighted by molar-refractivity contribution is 6.13. The summed E-state index contributed by atoms with van der Waals surface area (Å²) in [6, 6.07) is 48.3. The molecule has 0 radical (unpaired) electrons. The topological polar surface area (TPSA) is 51.8 Å². The second-order valence-corrected chi connectivity index (χ2v) is 12.4. The van der Waals surface area contributed by atoms with Crippen molar-refractivity contribution < 1.29 is 4.42 Å². The minimum atomic E-state index is -0.0809. The predicted octanol–water partition coefficient (Wildman–Crippen LogP) is 10.7. The molecule has 0 spiro atoms. The molecular formula is C42H29N3O. The zero-order valence-corrected chi connectivity index (χ0v) is 25.5. The Bertz CT molecular complexity index is 2380. The number of aromatic nitrogens is 3. The number of benzene rings is 6. The van der Waals surface area contributed by atoms with Crippen LogP contribution in [0.2, 0.25) is 0 Å². The van der Waals surface area contributed by atoms with Gasteiger partial charge in [0.25, 0.3) is 0 Å². The molecule has 9 rings (SSSR count). The quantitative estimate of drug-likeness (QED) is 0.204. The fraction of sp³-hybridized carbons (Fsp3) is 0.0714. The van der Waals surface area contributed by atoms with Gasteiger partial charge in [0.1, 0.15) is 11.2 Å². The second-order valence-electron chi connectivity index (χ2n) is 12.4. The van der Waals surface area contributed by atoms with E-state index in [0.29, 0.717) is 17.5 Å². The minimum Gasteiger partial charge on any atom is -0.455 e. The summed E-state index contributed by atoms with van der Waals surface area (Å²) in [5.74, 6) is 1.83. The summed E-state index contributed by atoms with van der Waals surface area (Å²) in [5.41, 5.74) is 11.8. The molecule has 4 heteroatoms. The van der Waals surface area contributed by atoms with Crippen LogP contribution in [0, 0.1) is 0 Å². The maximum Gasteiger partial charge on any atom is 0.167 e. The van der Waals surface area contributed by atoms with Crippen LogP contribution >= 0.6 is 0 Å². The first kappa shape index (κ1) is 26.5. The number of hydrogen-bond donors (Lipinski definition) is 0. The van der Waals surface area contributed by atoms with Crippen LogP contribution in [0.5, 0.6) is 0 Å². The maximum atomic E-state index is 6.91. The first-order valence-corrected chi connectivity index (χ1v) is 15.6. The highest BCUT2D eigenvalue weighted by Gasteiger charge is 2.36. The van der Waals surface area contributed by atoms with E-state index < -0.39 is 0 Å². The van der Waals surface area contributed by atoms with E-state index in [1.807, 2.05) is 66.7 Å². The van der Waals surface area contributed by atoms with Crippen molar-refractivity contribution in [3.63, 3.8) is 0 Å².